The van der Waals surface area contributed by atoms with Crippen LogP contribution in [0.1, 0.15) is 22.3 Å². The van der Waals surface area contributed by atoms with Crippen LogP contribution in [-0.2, 0) is 13.0 Å². The molecule has 0 aliphatic heterocycles. The summed E-state index contributed by atoms with van der Waals surface area (Å²) in [5.74, 6) is -0.174. The van der Waals surface area contributed by atoms with E-state index in [1.165, 1.54) is 28.8 Å². The minimum atomic E-state index is -0.174. The van der Waals surface area contributed by atoms with Gasteiger partial charge in [0.05, 0.1) is 0 Å². The summed E-state index contributed by atoms with van der Waals surface area (Å²) in [6.45, 7) is 6.02. The van der Waals surface area contributed by atoms with Crippen LogP contribution in [0, 0.1) is 19.7 Å². The Morgan fingerprint density at radius 3 is 2.16 bits per heavy atom. The maximum Gasteiger partial charge on any atom is 0.123 e. The van der Waals surface area contributed by atoms with Crippen molar-refractivity contribution in [3.05, 3.63) is 70.5 Å². The Bertz CT molecular complexity index is 511. The molecule has 0 fully saturated rings. The summed E-state index contributed by atoms with van der Waals surface area (Å²) in [4.78, 5) is 0. The lowest BCUT2D eigenvalue weighted by molar-refractivity contribution is 0.626. The Labute approximate surface area is 114 Å². The predicted molar refractivity (Wildman–Crippen MR) is 77.7 cm³/mol. The molecule has 0 atom stereocenters. The van der Waals surface area contributed by atoms with E-state index in [1.807, 2.05) is 12.1 Å². The molecule has 0 aromatic heterocycles. The van der Waals surface area contributed by atoms with Gasteiger partial charge in [0.25, 0.3) is 0 Å². The molecular weight excluding hydrogens is 237 g/mol. The van der Waals surface area contributed by atoms with Gasteiger partial charge in [-0.1, -0.05) is 41.5 Å². The van der Waals surface area contributed by atoms with Crippen molar-refractivity contribution in [2.75, 3.05) is 6.54 Å². The molecule has 0 amide bonds. The Morgan fingerprint density at radius 2 is 1.53 bits per heavy atom. The zero-order valence-electron chi connectivity index (χ0n) is 11.5. The number of rotatable bonds is 5. The summed E-state index contributed by atoms with van der Waals surface area (Å²) in [6, 6.07) is 13.3. The molecule has 0 saturated carbocycles. The topological polar surface area (TPSA) is 12.0 Å². The summed E-state index contributed by atoms with van der Waals surface area (Å²) in [5, 5.41) is 3.43. The van der Waals surface area contributed by atoms with Gasteiger partial charge in [-0.15, -0.1) is 0 Å². The first kappa shape index (κ1) is 13.8. The largest absolute Gasteiger partial charge is 0.312 e. The van der Waals surface area contributed by atoms with Crippen LogP contribution < -0.4 is 5.32 Å². The van der Waals surface area contributed by atoms with Crippen LogP contribution in [0.5, 0.6) is 0 Å². The van der Waals surface area contributed by atoms with E-state index in [-0.39, 0.29) is 5.82 Å². The highest BCUT2D eigenvalue weighted by molar-refractivity contribution is 5.28. The Morgan fingerprint density at radius 1 is 0.895 bits per heavy atom. The smallest absolute Gasteiger partial charge is 0.123 e. The van der Waals surface area contributed by atoms with E-state index in [1.54, 1.807) is 0 Å². The third-order valence-corrected chi connectivity index (χ3v) is 3.11. The van der Waals surface area contributed by atoms with Crippen LogP contribution >= 0.6 is 0 Å². The number of hydrogen-bond donors (Lipinski definition) is 1. The van der Waals surface area contributed by atoms with Crippen LogP contribution in [0.3, 0.4) is 0 Å². The predicted octanol–water partition coefficient (Wildman–Crippen LogP) is 3.77. The van der Waals surface area contributed by atoms with Gasteiger partial charge in [0.15, 0.2) is 0 Å². The van der Waals surface area contributed by atoms with Crippen LogP contribution in [0.4, 0.5) is 4.39 Å². The molecule has 1 N–H and O–H groups in total. The quantitative estimate of drug-likeness (QED) is 0.804. The molecule has 0 unspecified atom stereocenters. The summed E-state index contributed by atoms with van der Waals surface area (Å²) in [5.41, 5.74) is 5.08. The lowest BCUT2D eigenvalue weighted by Crippen LogP contribution is -2.16. The van der Waals surface area contributed by atoms with Crippen molar-refractivity contribution in [1.29, 1.82) is 0 Å². The number of benzene rings is 2. The van der Waals surface area contributed by atoms with Gasteiger partial charge in [-0.05, 0) is 50.1 Å². The van der Waals surface area contributed by atoms with Crippen molar-refractivity contribution in [1.82, 2.24) is 5.32 Å². The van der Waals surface area contributed by atoms with Gasteiger partial charge in [0, 0.05) is 6.54 Å². The zero-order chi connectivity index (χ0) is 13.7. The Balaban J connectivity index is 1.79. The molecule has 0 bridgehead atoms. The van der Waals surface area contributed by atoms with E-state index in [2.05, 4.69) is 37.4 Å². The maximum atomic E-state index is 12.8. The Hall–Kier alpha value is -1.67. The third-order valence-electron chi connectivity index (χ3n) is 3.11. The summed E-state index contributed by atoms with van der Waals surface area (Å²) in [7, 11) is 0. The zero-order valence-corrected chi connectivity index (χ0v) is 11.5. The molecule has 0 aliphatic rings. The highest BCUT2D eigenvalue weighted by atomic mass is 19.1. The fourth-order valence-electron chi connectivity index (χ4n) is 2.29. The second-order valence-corrected chi connectivity index (χ2v) is 5.05. The van der Waals surface area contributed by atoms with Crippen molar-refractivity contribution in [3.63, 3.8) is 0 Å². The molecule has 19 heavy (non-hydrogen) atoms. The van der Waals surface area contributed by atoms with E-state index >= 15 is 0 Å². The molecular formula is C17H20FN. The molecule has 2 aromatic carbocycles. The number of halogens is 1. The van der Waals surface area contributed by atoms with E-state index in [0.29, 0.717) is 0 Å². The van der Waals surface area contributed by atoms with Gasteiger partial charge < -0.3 is 5.32 Å². The van der Waals surface area contributed by atoms with Crippen LogP contribution in [0.25, 0.3) is 0 Å². The van der Waals surface area contributed by atoms with Gasteiger partial charge in [0.2, 0.25) is 0 Å². The lowest BCUT2D eigenvalue weighted by atomic mass is 10.1. The minimum Gasteiger partial charge on any atom is -0.312 e. The van der Waals surface area contributed by atoms with Crippen molar-refractivity contribution in [2.45, 2.75) is 26.8 Å². The van der Waals surface area contributed by atoms with Gasteiger partial charge in [0.1, 0.15) is 5.82 Å². The van der Waals surface area contributed by atoms with Gasteiger partial charge in [-0.25, -0.2) is 4.39 Å². The Kier molecular flexibility index (Phi) is 4.69. The highest BCUT2D eigenvalue weighted by Crippen LogP contribution is 2.08. The SMILES string of the molecule is Cc1cc(C)cc(CNCCc2ccc(F)cc2)c1. The minimum absolute atomic E-state index is 0.174. The molecule has 0 radical (unpaired) electrons. The van der Waals surface area contributed by atoms with Crippen LogP contribution in [0.2, 0.25) is 0 Å². The van der Waals surface area contributed by atoms with Crippen molar-refractivity contribution in [3.8, 4) is 0 Å². The van der Waals surface area contributed by atoms with Crippen molar-refractivity contribution in [2.24, 2.45) is 0 Å². The van der Waals surface area contributed by atoms with E-state index in [0.717, 1.165) is 25.1 Å². The number of aryl methyl sites for hydroxylation is 2. The van der Waals surface area contributed by atoms with Gasteiger partial charge >= 0.3 is 0 Å². The monoisotopic (exact) mass is 257 g/mol. The van der Waals surface area contributed by atoms with E-state index in [9.17, 15) is 4.39 Å². The van der Waals surface area contributed by atoms with Gasteiger partial charge in [-0.2, -0.15) is 0 Å². The molecule has 2 rings (SSSR count). The summed E-state index contributed by atoms with van der Waals surface area (Å²) in [6.07, 6.45) is 0.922. The second kappa shape index (κ2) is 6.48. The molecule has 2 aromatic rings. The third kappa shape index (κ3) is 4.49. The van der Waals surface area contributed by atoms with Gasteiger partial charge in [-0.3, -0.25) is 0 Å². The van der Waals surface area contributed by atoms with Crippen LogP contribution in [0.15, 0.2) is 42.5 Å². The first-order valence-corrected chi connectivity index (χ1v) is 6.66. The standard InChI is InChI=1S/C17H20FN/c1-13-9-14(2)11-16(10-13)12-19-8-7-15-3-5-17(18)6-4-15/h3-6,9-11,19H,7-8,12H2,1-2H3. The normalized spacial score (nSPS) is 10.7. The van der Waals surface area contributed by atoms with E-state index < -0.39 is 0 Å². The number of hydrogen-bond acceptors (Lipinski definition) is 1. The fraction of sp³-hybridized carbons (Fsp3) is 0.294. The van der Waals surface area contributed by atoms with Crippen molar-refractivity contribution >= 4 is 0 Å². The maximum absolute atomic E-state index is 12.8. The summed E-state index contributed by atoms with van der Waals surface area (Å²) >= 11 is 0. The first-order valence-electron chi connectivity index (χ1n) is 6.66. The molecule has 2 heteroatoms. The fourth-order valence-corrected chi connectivity index (χ4v) is 2.29. The molecule has 0 heterocycles. The molecule has 0 spiro atoms. The first-order chi connectivity index (χ1) is 9.13. The van der Waals surface area contributed by atoms with Crippen LogP contribution in [-0.4, -0.2) is 6.54 Å². The highest BCUT2D eigenvalue weighted by Gasteiger charge is 1.97. The molecule has 1 nitrogen and oxygen atoms in total. The lowest BCUT2D eigenvalue weighted by Gasteiger charge is -2.07. The molecule has 100 valence electrons. The molecule has 0 saturated heterocycles. The number of nitrogens with one attached hydrogen (secondary N) is 1. The van der Waals surface area contributed by atoms with E-state index in [4.69, 9.17) is 0 Å². The van der Waals surface area contributed by atoms with Crippen molar-refractivity contribution < 1.29 is 4.39 Å². The average molecular weight is 257 g/mol. The molecule has 0 aliphatic carbocycles. The summed E-state index contributed by atoms with van der Waals surface area (Å²) < 4.78 is 12.8. The second-order valence-electron chi connectivity index (χ2n) is 5.05. The average Bonchev–Trinajstić information content (AvgIpc) is 2.36.